The van der Waals surface area contributed by atoms with Crippen LogP contribution in [0.15, 0.2) is 6.07 Å². The van der Waals surface area contributed by atoms with Crippen molar-refractivity contribution in [3.63, 3.8) is 0 Å². The molecule has 0 saturated carbocycles. The Bertz CT molecular complexity index is 318. The molecule has 1 atom stereocenters. The summed E-state index contributed by atoms with van der Waals surface area (Å²) in [5.41, 5.74) is 5.68. The van der Waals surface area contributed by atoms with E-state index in [9.17, 15) is 0 Å². The second-order valence-electron chi connectivity index (χ2n) is 4.62. The molecule has 1 unspecified atom stereocenters. The van der Waals surface area contributed by atoms with Crippen molar-refractivity contribution in [1.29, 1.82) is 0 Å². The lowest BCUT2D eigenvalue weighted by atomic mass is 10.1. The van der Waals surface area contributed by atoms with Gasteiger partial charge in [0.1, 0.15) is 17.5 Å². The lowest BCUT2D eigenvalue weighted by Gasteiger charge is -2.14. The van der Waals surface area contributed by atoms with E-state index in [1.54, 1.807) is 6.07 Å². The molecule has 4 heteroatoms. The monoisotopic (exact) mass is 236 g/mol. The molecule has 1 aromatic rings. The summed E-state index contributed by atoms with van der Waals surface area (Å²) in [7, 11) is 0. The van der Waals surface area contributed by atoms with Crippen LogP contribution in [0.3, 0.4) is 0 Å². The number of nitrogen functional groups attached to an aromatic ring is 1. The molecule has 0 aliphatic rings. The number of unbranched alkanes of at least 4 members (excludes halogenated alkanes) is 3. The summed E-state index contributed by atoms with van der Waals surface area (Å²) in [5.74, 6) is 2.07. The number of aryl methyl sites for hydroxylation is 1. The third kappa shape index (κ3) is 5.52. The fourth-order valence-corrected chi connectivity index (χ4v) is 1.87. The average molecular weight is 236 g/mol. The third-order valence-corrected chi connectivity index (χ3v) is 2.74. The molecule has 0 radical (unpaired) electrons. The van der Waals surface area contributed by atoms with Crippen LogP contribution in [0.4, 0.5) is 11.6 Å². The highest BCUT2D eigenvalue weighted by atomic mass is 15.1. The highest BCUT2D eigenvalue weighted by Gasteiger charge is 2.04. The minimum atomic E-state index is 0.431. The first-order valence-corrected chi connectivity index (χ1v) is 6.49. The summed E-state index contributed by atoms with van der Waals surface area (Å²) in [6.07, 6.45) is 6.35. The molecule has 0 aliphatic carbocycles. The van der Waals surface area contributed by atoms with Gasteiger partial charge in [-0.2, -0.15) is 0 Å². The zero-order valence-electron chi connectivity index (χ0n) is 11.2. The van der Waals surface area contributed by atoms with E-state index in [1.807, 2.05) is 6.92 Å². The number of hydrogen-bond acceptors (Lipinski definition) is 4. The summed E-state index contributed by atoms with van der Waals surface area (Å²) < 4.78 is 0. The van der Waals surface area contributed by atoms with Crippen molar-refractivity contribution in [3.8, 4) is 0 Å². The van der Waals surface area contributed by atoms with Gasteiger partial charge in [-0.25, -0.2) is 9.97 Å². The molecule has 1 rings (SSSR count). The van der Waals surface area contributed by atoms with Gasteiger partial charge in [-0.3, -0.25) is 0 Å². The van der Waals surface area contributed by atoms with Crippen molar-refractivity contribution in [2.75, 3.05) is 11.1 Å². The largest absolute Gasteiger partial charge is 0.384 e. The second-order valence-corrected chi connectivity index (χ2v) is 4.62. The topological polar surface area (TPSA) is 63.8 Å². The summed E-state index contributed by atoms with van der Waals surface area (Å²) in [5, 5.41) is 3.37. The molecule has 0 aliphatic heterocycles. The first-order chi connectivity index (χ1) is 8.11. The Morgan fingerprint density at radius 1 is 1.29 bits per heavy atom. The third-order valence-electron chi connectivity index (χ3n) is 2.74. The summed E-state index contributed by atoms with van der Waals surface area (Å²) in [6.45, 7) is 6.27. The summed E-state index contributed by atoms with van der Waals surface area (Å²) in [4.78, 5) is 8.37. The minimum Gasteiger partial charge on any atom is -0.384 e. The molecule has 4 nitrogen and oxygen atoms in total. The summed E-state index contributed by atoms with van der Waals surface area (Å²) >= 11 is 0. The molecule has 17 heavy (non-hydrogen) atoms. The normalized spacial score (nSPS) is 12.4. The lowest BCUT2D eigenvalue weighted by Crippen LogP contribution is -2.16. The molecule has 0 bridgehead atoms. The molecule has 1 aromatic heterocycles. The Balaban J connectivity index is 2.36. The number of hydrogen-bond donors (Lipinski definition) is 2. The Kier molecular flexibility index (Phi) is 5.73. The first kappa shape index (κ1) is 13.7. The molecular formula is C13H24N4. The van der Waals surface area contributed by atoms with Crippen LogP contribution in [-0.2, 0) is 0 Å². The van der Waals surface area contributed by atoms with E-state index in [-0.39, 0.29) is 0 Å². The molecule has 3 N–H and O–H groups in total. The van der Waals surface area contributed by atoms with Crippen LogP contribution in [-0.4, -0.2) is 16.0 Å². The van der Waals surface area contributed by atoms with E-state index in [1.165, 1.54) is 32.1 Å². The van der Waals surface area contributed by atoms with E-state index in [0.717, 1.165) is 5.82 Å². The minimum absolute atomic E-state index is 0.431. The zero-order chi connectivity index (χ0) is 12.7. The number of anilines is 2. The molecule has 0 spiro atoms. The first-order valence-electron chi connectivity index (χ1n) is 6.49. The maximum atomic E-state index is 5.68. The number of nitrogens with two attached hydrogens (primary N) is 1. The number of nitrogens with zero attached hydrogens (tertiary/aromatic N) is 2. The number of nitrogens with one attached hydrogen (secondary N) is 1. The smallest absolute Gasteiger partial charge is 0.131 e. The zero-order valence-corrected chi connectivity index (χ0v) is 11.2. The molecule has 1 heterocycles. The van der Waals surface area contributed by atoms with Crippen LogP contribution in [0, 0.1) is 6.92 Å². The Labute approximate surface area is 104 Å². The van der Waals surface area contributed by atoms with Gasteiger partial charge in [0.2, 0.25) is 0 Å². The maximum absolute atomic E-state index is 5.68. The van der Waals surface area contributed by atoms with E-state index >= 15 is 0 Å². The fourth-order valence-electron chi connectivity index (χ4n) is 1.87. The van der Waals surface area contributed by atoms with Gasteiger partial charge in [-0.1, -0.05) is 32.6 Å². The van der Waals surface area contributed by atoms with Crippen molar-refractivity contribution in [2.45, 2.75) is 58.9 Å². The van der Waals surface area contributed by atoms with Gasteiger partial charge in [-0.05, 0) is 20.3 Å². The maximum Gasteiger partial charge on any atom is 0.131 e. The van der Waals surface area contributed by atoms with Crippen LogP contribution in [0.1, 0.15) is 51.8 Å². The van der Waals surface area contributed by atoms with Crippen molar-refractivity contribution in [1.82, 2.24) is 9.97 Å². The molecule has 96 valence electrons. The predicted octanol–water partition coefficient (Wildman–Crippen LogP) is 3.14. The molecule has 0 fully saturated rings. The molecule has 0 aromatic carbocycles. The molecule has 0 saturated heterocycles. The van der Waals surface area contributed by atoms with Crippen molar-refractivity contribution >= 4 is 11.6 Å². The van der Waals surface area contributed by atoms with E-state index in [2.05, 4.69) is 29.1 Å². The van der Waals surface area contributed by atoms with E-state index in [0.29, 0.717) is 17.7 Å². The lowest BCUT2D eigenvalue weighted by molar-refractivity contribution is 0.593. The van der Waals surface area contributed by atoms with Gasteiger partial charge in [0.25, 0.3) is 0 Å². The van der Waals surface area contributed by atoms with Gasteiger partial charge in [-0.15, -0.1) is 0 Å². The van der Waals surface area contributed by atoms with Crippen molar-refractivity contribution in [3.05, 3.63) is 11.9 Å². The molecular weight excluding hydrogens is 212 g/mol. The SMILES string of the molecule is CCCCCCC(C)Nc1cc(N)nc(C)n1. The fraction of sp³-hybridized carbons (Fsp3) is 0.692. The average Bonchev–Trinajstić information content (AvgIpc) is 2.23. The highest BCUT2D eigenvalue weighted by molar-refractivity contribution is 5.44. The summed E-state index contributed by atoms with van der Waals surface area (Å²) in [6, 6.07) is 2.22. The van der Waals surface area contributed by atoms with Gasteiger partial charge in [0.05, 0.1) is 0 Å². The number of rotatable bonds is 7. The van der Waals surface area contributed by atoms with Gasteiger partial charge >= 0.3 is 0 Å². The quantitative estimate of drug-likeness (QED) is 0.714. The van der Waals surface area contributed by atoms with Crippen LogP contribution >= 0.6 is 0 Å². The van der Waals surface area contributed by atoms with Crippen LogP contribution in [0.5, 0.6) is 0 Å². The highest BCUT2D eigenvalue weighted by Crippen LogP contribution is 2.12. The van der Waals surface area contributed by atoms with Gasteiger partial charge in [0.15, 0.2) is 0 Å². The van der Waals surface area contributed by atoms with Crippen molar-refractivity contribution < 1.29 is 0 Å². The molecule has 0 amide bonds. The van der Waals surface area contributed by atoms with E-state index < -0.39 is 0 Å². The van der Waals surface area contributed by atoms with Gasteiger partial charge in [0, 0.05) is 12.1 Å². The number of aromatic nitrogens is 2. The standard InChI is InChI=1S/C13H24N4/c1-4-5-6-7-8-10(2)15-13-9-12(14)16-11(3)17-13/h9-10H,4-8H2,1-3H3,(H3,14,15,16,17). The Morgan fingerprint density at radius 3 is 2.71 bits per heavy atom. The predicted molar refractivity (Wildman–Crippen MR) is 73.0 cm³/mol. The van der Waals surface area contributed by atoms with Crippen LogP contribution in [0.25, 0.3) is 0 Å². The van der Waals surface area contributed by atoms with E-state index in [4.69, 9.17) is 5.73 Å². The van der Waals surface area contributed by atoms with Crippen molar-refractivity contribution in [2.24, 2.45) is 0 Å². The van der Waals surface area contributed by atoms with Gasteiger partial charge < -0.3 is 11.1 Å². The Hall–Kier alpha value is -1.32. The van der Waals surface area contributed by atoms with Crippen LogP contribution in [0.2, 0.25) is 0 Å². The van der Waals surface area contributed by atoms with Crippen LogP contribution < -0.4 is 11.1 Å². The Morgan fingerprint density at radius 2 is 2.06 bits per heavy atom. The second kappa shape index (κ2) is 7.09.